The lowest BCUT2D eigenvalue weighted by atomic mass is 9.66. The summed E-state index contributed by atoms with van der Waals surface area (Å²) < 4.78 is 0. The number of hydrogen-bond donors (Lipinski definition) is 3. The second-order valence-electron chi connectivity index (χ2n) is 10.6. The van der Waals surface area contributed by atoms with Crippen molar-refractivity contribution < 1.29 is 24.6 Å². The molecule has 0 aromatic heterocycles. The molecule has 3 unspecified atom stereocenters. The van der Waals surface area contributed by atoms with Gasteiger partial charge in [0, 0.05) is 35.1 Å². The molecule has 2 aromatic rings. The summed E-state index contributed by atoms with van der Waals surface area (Å²) in [5.41, 5.74) is -0.597. The Morgan fingerprint density at radius 3 is 2.36 bits per heavy atom. The number of nitrogens with one attached hydrogen (secondary N) is 1. The SMILES string of the molecule is CC1(C)CN(C(=O)C2CCCCC2NC(=O)c2cccc(C(=O)O)c2)CCC1(O)c1ccc(Cl)cc1. The largest absolute Gasteiger partial charge is 0.478 e. The Balaban J connectivity index is 1.48. The lowest BCUT2D eigenvalue weighted by Gasteiger charge is -2.51. The number of likely N-dealkylation sites (tertiary alicyclic amines) is 1. The highest BCUT2D eigenvalue weighted by Gasteiger charge is 2.50. The molecule has 36 heavy (non-hydrogen) atoms. The first-order chi connectivity index (χ1) is 17.0. The van der Waals surface area contributed by atoms with E-state index < -0.39 is 17.0 Å². The summed E-state index contributed by atoms with van der Waals surface area (Å²) in [7, 11) is 0. The van der Waals surface area contributed by atoms with Gasteiger partial charge in [0.1, 0.15) is 0 Å². The van der Waals surface area contributed by atoms with Crippen molar-refractivity contribution >= 4 is 29.4 Å². The zero-order valence-corrected chi connectivity index (χ0v) is 21.4. The van der Waals surface area contributed by atoms with E-state index in [1.165, 1.54) is 12.1 Å². The normalized spacial score (nSPS) is 25.7. The summed E-state index contributed by atoms with van der Waals surface area (Å²) in [6, 6.07) is 12.8. The van der Waals surface area contributed by atoms with Crippen LogP contribution in [0.5, 0.6) is 0 Å². The van der Waals surface area contributed by atoms with Crippen molar-refractivity contribution in [3.8, 4) is 0 Å². The van der Waals surface area contributed by atoms with Crippen molar-refractivity contribution in [2.45, 2.75) is 57.6 Å². The Morgan fingerprint density at radius 2 is 1.69 bits per heavy atom. The number of halogens is 1. The second kappa shape index (κ2) is 10.2. The molecular formula is C28H33ClN2O5. The quantitative estimate of drug-likeness (QED) is 0.548. The van der Waals surface area contributed by atoms with Gasteiger partial charge >= 0.3 is 5.97 Å². The number of piperidine rings is 1. The van der Waals surface area contributed by atoms with E-state index in [2.05, 4.69) is 5.32 Å². The molecular weight excluding hydrogens is 480 g/mol. The van der Waals surface area contributed by atoms with E-state index in [4.69, 9.17) is 11.6 Å². The van der Waals surface area contributed by atoms with Crippen LogP contribution in [-0.2, 0) is 10.4 Å². The number of nitrogens with zero attached hydrogens (tertiary/aromatic N) is 1. The van der Waals surface area contributed by atoms with Crippen molar-refractivity contribution in [2.75, 3.05) is 13.1 Å². The number of rotatable bonds is 5. The molecule has 192 valence electrons. The lowest BCUT2D eigenvalue weighted by molar-refractivity contribution is -0.158. The van der Waals surface area contributed by atoms with Gasteiger partial charge in [-0.3, -0.25) is 9.59 Å². The van der Waals surface area contributed by atoms with Crippen molar-refractivity contribution in [3.05, 3.63) is 70.2 Å². The Bertz CT molecular complexity index is 1150. The monoisotopic (exact) mass is 512 g/mol. The molecule has 2 amide bonds. The topological polar surface area (TPSA) is 107 Å². The number of aliphatic hydroxyl groups is 1. The summed E-state index contributed by atoms with van der Waals surface area (Å²) in [6.07, 6.45) is 3.58. The van der Waals surface area contributed by atoms with Crippen LogP contribution in [0.4, 0.5) is 0 Å². The maximum absolute atomic E-state index is 13.7. The maximum atomic E-state index is 13.7. The van der Waals surface area contributed by atoms with Gasteiger partial charge in [-0.1, -0.05) is 56.5 Å². The van der Waals surface area contributed by atoms with E-state index in [0.29, 0.717) is 37.4 Å². The first kappa shape index (κ1) is 26.2. The Morgan fingerprint density at radius 1 is 1.03 bits per heavy atom. The molecule has 0 bridgehead atoms. The third-order valence-corrected chi connectivity index (χ3v) is 8.11. The molecule has 1 heterocycles. The second-order valence-corrected chi connectivity index (χ2v) is 11.1. The van der Waals surface area contributed by atoms with Crippen LogP contribution in [0.3, 0.4) is 0 Å². The average molecular weight is 513 g/mol. The number of carbonyl (C=O) groups excluding carboxylic acids is 2. The van der Waals surface area contributed by atoms with Gasteiger partial charge in [0.2, 0.25) is 5.91 Å². The van der Waals surface area contributed by atoms with Gasteiger partial charge in [0.25, 0.3) is 5.91 Å². The molecule has 4 rings (SSSR count). The van der Waals surface area contributed by atoms with E-state index in [0.717, 1.165) is 18.4 Å². The zero-order valence-electron chi connectivity index (χ0n) is 20.7. The van der Waals surface area contributed by atoms with Gasteiger partial charge in [-0.05, 0) is 55.2 Å². The zero-order chi connectivity index (χ0) is 26.1. The molecule has 8 heteroatoms. The van der Waals surface area contributed by atoms with E-state index in [1.54, 1.807) is 24.3 Å². The number of carboxylic acid groups (broad SMARTS) is 1. The fourth-order valence-corrected chi connectivity index (χ4v) is 5.78. The third-order valence-electron chi connectivity index (χ3n) is 7.85. The Labute approximate surface area is 216 Å². The highest BCUT2D eigenvalue weighted by molar-refractivity contribution is 6.30. The number of carboxylic acids is 1. The Kier molecular flexibility index (Phi) is 7.43. The van der Waals surface area contributed by atoms with Gasteiger partial charge in [0.05, 0.1) is 17.1 Å². The van der Waals surface area contributed by atoms with Gasteiger partial charge in [0.15, 0.2) is 0 Å². The number of hydrogen-bond acceptors (Lipinski definition) is 4. The number of benzene rings is 2. The summed E-state index contributed by atoms with van der Waals surface area (Å²) in [5.74, 6) is -1.84. The molecule has 2 aromatic carbocycles. The number of carbonyl (C=O) groups is 3. The molecule has 2 aliphatic rings. The lowest BCUT2D eigenvalue weighted by Crippen LogP contribution is -2.59. The highest BCUT2D eigenvalue weighted by atomic mass is 35.5. The highest BCUT2D eigenvalue weighted by Crippen LogP contribution is 2.46. The molecule has 7 nitrogen and oxygen atoms in total. The predicted octanol–water partition coefficient (Wildman–Crippen LogP) is 4.47. The molecule has 0 radical (unpaired) electrons. The first-order valence-corrected chi connectivity index (χ1v) is 12.8. The van der Waals surface area contributed by atoms with Crippen LogP contribution in [0, 0.1) is 11.3 Å². The van der Waals surface area contributed by atoms with Crippen LogP contribution in [0.25, 0.3) is 0 Å². The summed E-state index contributed by atoms with van der Waals surface area (Å²) in [4.78, 5) is 39.7. The van der Waals surface area contributed by atoms with Crippen LogP contribution in [-0.4, -0.2) is 52.0 Å². The Hall–Kier alpha value is -2.90. The van der Waals surface area contributed by atoms with Gasteiger partial charge in [-0.2, -0.15) is 0 Å². The molecule has 3 atom stereocenters. The van der Waals surface area contributed by atoms with Gasteiger partial charge in [-0.15, -0.1) is 0 Å². The molecule has 1 saturated heterocycles. The summed E-state index contributed by atoms with van der Waals surface area (Å²) >= 11 is 6.04. The van der Waals surface area contributed by atoms with Gasteiger partial charge in [-0.25, -0.2) is 4.79 Å². The molecule has 1 aliphatic carbocycles. The van der Waals surface area contributed by atoms with E-state index >= 15 is 0 Å². The third kappa shape index (κ3) is 5.13. The average Bonchev–Trinajstić information content (AvgIpc) is 2.86. The minimum atomic E-state index is -1.10. The van der Waals surface area contributed by atoms with Crippen LogP contribution >= 0.6 is 11.6 Å². The van der Waals surface area contributed by atoms with Crippen LogP contribution in [0.1, 0.15) is 72.2 Å². The molecule has 3 N–H and O–H groups in total. The maximum Gasteiger partial charge on any atom is 0.335 e. The van der Waals surface area contributed by atoms with Crippen molar-refractivity contribution in [1.82, 2.24) is 10.2 Å². The fourth-order valence-electron chi connectivity index (χ4n) is 5.65. The summed E-state index contributed by atoms with van der Waals surface area (Å²) in [6.45, 7) is 4.75. The molecule has 0 spiro atoms. The number of aromatic carboxylic acids is 1. The van der Waals surface area contributed by atoms with Crippen molar-refractivity contribution in [2.24, 2.45) is 11.3 Å². The smallest absolute Gasteiger partial charge is 0.335 e. The van der Waals surface area contributed by atoms with E-state index in [-0.39, 0.29) is 34.9 Å². The minimum absolute atomic E-state index is 0.00878. The van der Waals surface area contributed by atoms with Crippen molar-refractivity contribution in [3.63, 3.8) is 0 Å². The van der Waals surface area contributed by atoms with Crippen LogP contribution in [0.15, 0.2) is 48.5 Å². The van der Waals surface area contributed by atoms with Crippen LogP contribution in [0.2, 0.25) is 5.02 Å². The standard InChI is InChI=1S/C28H33ClN2O5/c1-27(2)17-31(15-14-28(27,36)20-10-12-21(29)13-11-20)25(33)22-8-3-4-9-23(22)30-24(32)18-6-5-7-19(16-18)26(34)35/h5-7,10-13,16,22-23,36H,3-4,8-9,14-15,17H2,1-2H3,(H,30,32)(H,34,35). The van der Waals surface area contributed by atoms with E-state index in [1.807, 2.05) is 30.9 Å². The van der Waals surface area contributed by atoms with E-state index in [9.17, 15) is 24.6 Å². The minimum Gasteiger partial charge on any atom is -0.478 e. The number of amides is 2. The molecule has 1 saturated carbocycles. The summed E-state index contributed by atoms with van der Waals surface area (Å²) in [5, 5.41) is 24.5. The van der Waals surface area contributed by atoms with Gasteiger partial charge < -0.3 is 20.4 Å². The first-order valence-electron chi connectivity index (χ1n) is 12.4. The van der Waals surface area contributed by atoms with Crippen LogP contribution < -0.4 is 5.32 Å². The fraction of sp³-hybridized carbons (Fsp3) is 0.464. The molecule has 1 aliphatic heterocycles. The van der Waals surface area contributed by atoms with Crippen molar-refractivity contribution in [1.29, 1.82) is 0 Å². The predicted molar refractivity (Wildman–Crippen MR) is 137 cm³/mol. The molecule has 2 fully saturated rings.